The molecule has 0 aliphatic heterocycles. The fraction of sp³-hybridized carbons (Fsp3) is 0.167. The first-order valence-electron chi connectivity index (χ1n) is 6.59. The Hall–Kier alpha value is -2.73. The number of allylic oxidation sites excluding steroid dienone is 1. The maximum Gasteiger partial charge on any atom is 0.161 e. The quantitative estimate of drug-likeness (QED) is 0.625. The van der Waals surface area contributed by atoms with E-state index in [1.807, 2.05) is 55.5 Å². The third kappa shape index (κ3) is 3.24. The molecule has 2 rings (SSSR count). The van der Waals surface area contributed by atoms with Crippen molar-refractivity contribution in [1.29, 1.82) is 5.26 Å². The zero-order chi connectivity index (χ0) is 15.2. The first-order chi connectivity index (χ1) is 10.2. The van der Waals surface area contributed by atoms with E-state index in [1.165, 1.54) is 0 Å². The van der Waals surface area contributed by atoms with Crippen molar-refractivity contribution < 1.29 is 9.47 Å². The molecule has 0 N–H and O–H groups in total. The predicted octanol–water partition coefficient (Wildman–Crippen LogP) is 4.08. The largest absolute Gasteiger partial charge is 0.493 e. The van der Waals surface area contributed by atoms with Crippen LogP contribution in [0.15, 0.2) is 42.5 Å². The third-order valence-corrected chi connectivity index (χ3v) is 3.28. The molecule has 0 saturated carbocycles. The summed E-state index contributed by atoms with van der Waals surface area (Å²) in [6.45, 7) is 1.98. The van der Waals surface area contributed by atoms with Gasteiger partial charge in [-0.1, -0.05) is 30.3 Å². The lowest BCUT2D eigenvalue weighted by Gasteiger charge is -2.11. The Morgan fingerprint density at radius 2 is 1.67 bits per heavy atom. The standard InChI is InChI=1S/C18H17NO2/c1-13-9-17(20-2)18(21-3)11-15(13)10-16(12-19)14-7-5-4-6-8-14/h4-11H,1-3H3/b16-10+. The Labute approximate surface area is 125 Å². The van der Waals surface area contributed by atoms with Gasteiger partial charge in [0, 0.05) is 0 Å². The van der Waals surface area contributed by atoms with Gasteiger partial charge in [-0.2, -0.15) is 5.26 Å². The molecule has 3 nitrogen and oxygen atoms in total. The van der Waals surface area contributed by atoms with Gasteiger partial charge in [-0.05, 0) is 41.8 Å². The number of hydrogen-bond acceptors (Lipinski definition) is 3. The molecule has 0 aliphatic carbocycles. The molecule has 0 aliphatic rings. The van der Waals surface area contributed by atoms with Crippen molar-refractivity contribution in [1.82, 2.24) is 0 Å². The van der Waals surface area contributed by atoms with Crippen molar-refractivity contribution in [2.45, 2.75) is 6.92 Å². The molecule has 0 atom stereocenters. The van der Waals surface area contributed by atoms with Gasteiger partial charge in [0.2, 0.25) is 0 Å². The van der Waals surface area contributed by atoms with Gasteiger partial charge in [-0.3, -0.25) is 0 Å². The summed E-state index contributed by atoms with van der Waals surface area (Å²) >= 11 is 0. The van der Waals surface area contributed by atoms with Crippen LogP contribution >= 0.6 is 0 Å². The molecule has 2 aromatic carbocycles. The summed E-state index contributed by atoms with van der Waals surface area (Å²) in [5.74, 6) is 1.34. The lowest BCUT2D eigenvalue weighted by molar-refractivity contribution is 0.354. The average Bonchev–Trinajstić information content (AvgIpc) is 2.54. The molecule has 0 radical (unpaired) electrons. The van der Waals surface area contributed by atoms with Crippen LogP contribution in [0.4, 0.5) is 0 Å². The fourth-order valence-corrected chi connectivity index (χ4v) is 2.11. The van der Waals surface area contributed by atoms with E-state index in [4.69, 9.17) is 9.47 Å². The van der Waals surface area contributed by atoms with E-state index in [1.54, 1.807) is 14.2 Å². The summed E-state index contributed by atoms with van der Waals surface area (Å²) in [6.07, 6.45) is 1.87. The molecule has 0 fully saturated rings. The highest BCUT2D eigenvalue weighted by Gasteiger charge is 2.08. The number of aryl methyl sites for hydroxylation is 1. The van der Waals surface area contributed by atoms with Crippen molar-refractivity contribution in [3.05, 3.63) is 59.2 Å². The predicted molar refractivity (Wildman–Crippen MR) is 84.2 cm³/mol. The summed E-state index contributed by atoms with van der Waals surface area (Å²) in [5.41, 5.74) is 3.48. The first-order valence-corrected chi connectivity index (χ1v) is 6.59. The summed E-state index contributed by atoms with van der Waals surface area (Å²) in [5, 5.41) is 9.38. The second-order valence-corrected chi connectivity index (χ2v) is 4.60. The lowest BCUT2D eigenvalue weighted by atomic mass is 10.0. The van der Waals surface area contributed by atoms with Crippen LogP contribution in [0.5, 0.6) is 11.5 Å². The Bertz CT molecular complexity index is 697. The number of hydrogen-bond donors (Lipinski definition) is 0. The first kappa shape index (κ1) is 14.7. The van der Waals surface area contributed by atoms with Crippen molar-refractivity contribution in [3.63, 3.8) is 0 Å². The van der Waals surface area contributed by atoms with Gasteiger partial charge in [0.15, 0.2) is 11.5 Å². The molecular weight excluding hydrogens is 262 g/mol. The van der Waals surface area contributed by atoms with Gasteiger partial charge in [0.25, 0.3) is 0 Å². The van der Waals surface area contributed by atoms with Crippen LogP contribution in [0.1, 0.15) is 16.7 Å². The Kier molecular flexibility index (Phi) is 4.63. The summed E-state index contributed by atoms with van der Waals surface area (Å²) in [7, 11) is 3.21. The molecule has 0 aromatic heterocycles. The molecule has 2 aromatic rings. The summed E-state index contributed by atoms with van der Waals surface area (Å²) in [6, 6.07) is 15.7. The highest BCUT2D eigenvalue weighted by atomic mass is 16.5. The number of nitriles is 1. The van der Waals surface area contributed by atoms with Crippen LogP contribution in [0.3, 0.4) is 0 Å². The zero-order valence-corrected chi connectivity index (χ0v) is 12.4. The number of ether oxygens (including phenoxy) is 2. The Morgan fingerprint density at radius 3 is 2.24 bits per heavy atom. The second kappa shape index (κ2) is 6.62. The molecule has 0 unspecified atom stereocenters. The van der Waals surface area contributed by atoms with Gasteiger partial charge >= 0.3 is 0 Å². The van der Waals surface area contributed by atoms with Gasteiger partial charge in [0.05, 0.1) is 25.9 Å². The van der Waals surface area contributed by atoms with Gasteiger partial charge in [-0.25, -0.2) is 0 Å². The molecule has 0 amide bonds. The van der Waals surface area contributed by atoms with Crippen LogP contribution in [0.2, 0.25) is 0 Å². The number of rotatable bonds is 4. The number of benzene rings is 2. The van der Waals surface area contributed by atoms with Crippen LogP contribution in [-0.4, -0.2) is 14.2 Å². The summed E-state index contributed by atoms with van der Waals surface area (Å²) in [4.78, 5) is 0. The Morgan fingerprint density at radius 1 is 1.05 bits per heavy atom. The SMILES string of the molecule is COc1cc(C)c(/C=C(\C#N)c2ccccc2)cc1OC. The van der Waals surface area contributed by atoms with E-state index in [0.29, 0.717) is 17.1 Å². The zero-order valence-electron chi connectivity index (χ0n) is 12.4. The lowest BCUT2D eigenvalue weighted by Crippen LogP contribution is -1.93. The van der Waals surface area contributed by atoms with Crippen LogP contribution in [0, 0.1) is 18.3 Å². The molecule has 3 heteroatoms. The number of nitrogens with zero attached hydrogens (tertiary/aromatic N) is 1. The normalized spacial score (nSPS) is 10.9. The Balaban J connectivity index is 2.51. The van der Waals surface area contributed by atoms with Gasteiger partial charge in [0.1, 0.15) is 0 Å². The smallest absolute Gasteiger partial charge is 0.161 e. The number of methoxy groups -OCH3 is 2. The van der Waals surface area contributed by atoms with E-state index < -0.39 is 0 Å². The molecule has 0 bridgehead atoms. The van der Waals surface area contributed by atoms with Crippen LogP contribution in [0.25, 0.3) is 11.6 Å². The molecule has 106 valence electrons. The van der Waals surface area contributed by atoms with Crippen molar-refractivity contribution in [2.75, 3.05) is 14.2 Å². The van der Waals surface area contributed by atoms with Crippen molar-refractivity contribution >= 4 is 11.6 Å². The van der Waals surface area contributed by atoms with Gasteiger partial charge < -0.3 is 9.47 Å². The highest BCUT2D eigenvalue weighted by Crippen LogP contribution is 2.32. The van der Waals surface area contributed by atoms with Gasteiger partial charge in [-0.15, -0.1) is 0 Å². The molecule has 21 heavy (non-hydrogen) atoms. The molecule has 0 saturated heterocycles. The minimum Gasteiger partial charge on any atom is -0.493 e. The molecule has 0 heterocycles. The topological polar surface area (TPSA) is 42.2 Å². The average molecular weight is 279 g/mol. The van der Waals surface area contributed by atoms with Crippen molar-refractivity contribution in [3.8, 4) is 17.6 Å². The minimum atomic E-state index is 0.617. The maximum atomic E-state index is 9.38. The van der Waals surface area contributed by atoms with E-state index in [-0.39, 0.29) is 0 Å². The second-order valence-electron chi connectivity index (χ2n) is 4.60. The van der Waals surface area contributed by atoms with E-state index in [0.717, 1.165) is 16.7 Å². The highest BCUT2D eigenvalue weighted by molar-refractivity contribution is 5.90. The molecule has 0 spiro atoms. The van der Waals surface area contributed by atoms with Crippen LogP contribution in [-0.2, 0) is 0 Å². The molecular formula is C18H17NO2. The van der Waals surface area contributed by atoms with E-state index in [9.17, 15) is 5.26 Å². The van der Waals surface area contributed by atoms with E-state index in [2.05, 4.69) is 6.07 Å². The minimum absolute atomic E-state index is 0.617. The van der Waals surface area contributed by atoms with E-state index >= 15 is 0 Å². The summed E-state index contributed by atoms with van der Waals surface area (Å²) < 4.78 is 10.6. The third-order valence-electron chi connectivity index (χ3n) is 3.28. The monoisotopic (exact) mass is 279 g/mol. The maximum absolute atomic E-state index is 9.38. The van der Waals surface area contributed by atoms with Crippen LogP contribution < -0.4 is 9.47 Å². The van der Waals surface area contributed by atoms with Crippen molar-refractivity contribution in [2.24, 2.45) is 0 Å². The fourth-order valence-electron chi connectivity index (χ4n) is 2.11.